The van der Waals surface area contributed by atoms with Gasteiger partial charge in [-0.2, -0.15) is 0 Å². The third kappa shape index (κ3) is 2.40. The maximum Gasteiger partial charge on any atom is 0.0406 e. The molecule has 1 nitrogen and oxygen atoms in total. The molecule has 0 aliphatic heterocycles. The van der Waals surface area contributed by atoms with Crippen LogP contribution in [-0.2, 0) is 5.41 Å². The van der Waals surface area contributed by atoms with Gasteiger partial charge in [0.15, 0.2) is 0 Å². The Hall–Kier alpha value is -0.820. The number of nitrogens with one attached hydrogen (secondary N) is 1. The number of hydrogen-bond donors (Lipinski definition) is 1. The van der Waals surface area contributed by atoms with Crippen LogP contribution in [0, 0.1) is 11.3 Å². The molecule has 0 amide bonds. The van der Waals surface area contributed by atoms with Crippen LogP contribution in [0.2, 0.25) is 5.02 Å². The zero-order valence-corrected chi connectivity index (χ0v) is 11.3. The number of hydrogen-bond acceptors (Lipinski definition) is 1. The molecule has 2 rings (SSSR count). The van der Waals surface area contributed by atoms with E-state index in [2.05, 4.69) is 26.0 Å². The van der Waals surface area contributed by atoms with Gasteiger partial charge in [-0.15, -0.1) is 0 Å². The van der Waals surface area contributed by atoms with Crippen LogP contribution >= 0.6 is 11.6 Å². The fourth-order valence-corrected chi connectivity index (χ4v) is 2.79. The van der Waals surface area contributed by atoms with Crippen molar-refractivity contribution in [3.8, 4) is 0 Å². The molecule has 1 aromatic rings. The van der Waals surface area contributed by atoms with Crippen LogP contribution in [-0.4, -0.2) is 5.71 Å². The molecule has 1 aliphatic carbocycles. The second kappa shape index (κ2) is 4.81. The zero-order chi connectivity index (χ0) is 12.5. The van der Waals surface area contributed by atoms with E-state index in [1.807, 2.05) is 12.1 Å². The van der Waals surface area contributed by atoms with Crippen LogP contribution in [0.15, 0.2) is 24.3 Å². The Kier molecular flexibility index (Phi) is 3.58. The first-order valence-corrected chi connectivity index (χ1v) is 6.76. The first kappa shape index (κ1) is 12.6. The van der Waals surface area contributed by atoms with Gasteiger partial charge in [0.2, 0.25) is 0 Å². The van der Waals surface area contributed by atoms with E-state index in [9.17, 15) is 0 Å². The maximum absolute atomic E-state index is 8.38. The Morgan fingerprint density at radius 3 is 2.29 bits per heavy atom. The topological polar surface area (TPSA) is 23.9 Å². The Morgan fingerprint density at radius 1 is 1.29 bits per heavy atom. The third-order valence-corrected chi connectivity index (χ3v) is 4.05. The van der Waals surface area contributed by atoms with E-state index in [4.69, 9.17) is 17.0 Å². The predicted octanol–water partition coefficient (Wildman–Crippen LogP) is 4.83. The summed E-state index contributed by atoms with van der Waals surface area (Å²) in [6.45, 7) is 4.37. The number of benzene rings is 1. The van der Waals surface area contributed by atoms with Gasteiger partial charge in [-0.05, 0) is 42.9 Å². The smallest absolute Gasteiger partial charge is 0.0406 e. The van der Waals surface area contributed by atoms with Gasteiger partial charge in [0, 0.05) is 16.1 Å². The van der Waals surface area contributed by atoms with Crippen molar-refractivity contribution in [3.05, 3.63) is 34.9 Å². The summed E-state index contributed by atoms with van der Waals surface area (Å²) < 4.78 is 0. The Bertz CT molecular complexity index is 401. The van der Waals surface area contributed by atoms with Crippen molar-refractivity contribution in [2.24, 2.45) is 5.92 Å². The van der Waals surface area contributed by atoms with Gasteiger partial charge in [0.25, 0.3) is 0 Å². The minimum atomic E-state index is 0.0227. The fraction of sp³-hybridized carbons (Fsp3) is 0.533. The molecule has 1 N–H and O–H groups in total. The molecule has 0 spiro atoms. The molecule has 0 saturated heterocycles. The minimum Gasteiger partial charge on any atom is -0.309 e. The van der Waals surface area contributed by atoms with Gasteiger partial charge in [-0.3, -0.25) is 0 Å². The predicted molar refractivity (Wildman–Crippen MR) is 74.2 cm³/mol. The lowest BCUT2D eigenvalue weighted by molar-refractivity contribution is 0.331. The van der Waals surface area contributed by atoms with Gasteiger partial charge < -0.3 is 5.41 Å². The average Bonchev–Trinajstić information content (AvgIpc) is 2.18. The van der Waals surface area contributed by atoms with Crippen LogP contribution in [0.25, 0.3) is 0 Å². The first-order chi connectivity index (χ1) is 8.04. The summed E-state index contributed by atoms with van der Waals surface area (Å²) in [6, 6.07) is 8.08. The molecule has 0 aromatic heterocycles. The molecule has 0 heterocycles. The Labute approximate surface area is 109 Å². The highest BCUT2D eigenvalue weighted by Gasteiger charge is 2.42. The van der Waals surface area contributed by atoms with E-state index in [0.717, 1.165) is 30.0 Å². The van der Waals surface area contributed by atoms with E-state index in [1.165, 1.54) is 12.0 Å². The molecule has 92 valence electrons. The van der Waals surface area contributed by atoms with Crippen molar-refractivity contribution >= 4 is 17.3 Å². The molecular formula is C15H20ClN. The number of rotatable bonds is 4. The van der Waals surface area contributed by atoms with Crippen molar-refractivity contribution < 1.29 is 0 Å². The standard InChI is InChI=1S/C15H20ClN/c1-11(2)10-14(17)15(8-3-9-15)12-4-6-13(16)7-5-12/h4-7,11,17H,3,8-10H2,1-2H3. The SMILES string of the molecule is CC(C)CC(=N)C1(c2ccc(Cl)cc2)CCC1. The Balaban J connectivity index is 2.25. The molecule has 0 atom stereocenters. The molecule has 2 heteroatoms. The first-order valence-electron chi connectivity index (χ1n) is 6.38. The van der Waals surface area contributed by atoms with Crippen LogP contribution < -0.4 is 0 Å². The average molecular weight is 250 g/mol. The summed E-state index contributed by atoms with van der Waals surface area (Å²) in [6.07, 6.45) is 4.39. The van der Waals surface area contributed by atoms with Crippen LogP contribution in [0.1, 0.15) is 45.1 Å². The molecule has 17 heavy (non-hydrogen) atoms. The van der Waals surface area contributed by atoms with Crippen molar-refractivity contribution in [3.63, 3.8) is 0 Å². The lowest BCUT2D eigenvalue weighted by Gasteiger charge is -2.43. The molecule has 1 fully saturated rings. The van der Waals surface area contributed by atoms with Gasteiger partial charge in [0.1, 0.15) is 0 Å². The quantitative estimate of drug-likeness (QED) is 0.740. The molecule has 0 radical (unpaired) electrons. The normalized spacial score (nSPS) is 17.9. The highest BCUT2D eigenvalue weighted by atomic mass is 35.5. The molecular weight excluding hydrogens is 230 g/mol. The van der Waals surface area contributed by atoms with E-state index >= 15 is 0 Å². The van der Waals surface area contributed by atoms with Gasteiger partial charge >= 0.3 is 0 Å². The van der Waals surface area contributed by atoms with Crippen molar-refractivity contribution in [1.82, 2.24) is 0 Å². The Morgan fingerprint density at radius 2 is 1.88 bits per heavy atom. The fourth-order valence-electron chi connectivity index (χ4n) is 2.67. The zero-order valence-electron chi connectivity index (χ0n) is 10.6. The second-order valence-corrected chi connectivity index (χ2v) is 5.96. The van der Waals surface area contributed by atoms with Crippen molar-refractivity contribution in [2.45, 2.75) is 44.9 Å². The highest BCUT2D eigenvalue weighted by Crippen LogP contribution is 2.46. The summed E-state index contributed by atoms with van der Waals surface area (Å²) in [4.78, 5) is 0. The van der Waals surface area contributed by atoms with Crippen LogP contribution in [0.3, 0.4) is 0 Å². The van der Waals surface area contributed by atoms with E-state index in [1.54, 1.807) is 0 Å². The summed E-state index contributed by atoms with van der Waals surface area (Å²) in [5, 5.41) is 9.16. The summed E-state index contributed by atoms with van der Waals surface area (Å²) in [5.74, 6) is 0.562. The van der Waals surface area contributed by atoms with E-state index in [-0.39, 0.29) is 5.41 Å². The summed E-state index contributed by atoms with van der Waals surface area (Å²) in [5.41, 5.74) is 2.20. The molecule has 1 aromatic carbocycles. The largest absolute Gasteiger partial charge is 0.309 e. The molecule has 1 saturated carbocycles. The minimum absolute atomic E-state index is 0.0227. The van der Waals surface area contributed by atoms with Crippen molar-refractivity contribution in [2.75, 3.05) is 0 Å². The summed E-state index contributed by atoms with van der Waals surface area (Å²) in [7, 11) is 0. The van der Waals surface area contributed by atoms with E-state index in [0.29, 0.717) is 5.92 Å². The lowest BCUT2D eigenvalue weighted by Crippen LogP contribution is -2.42. The summed E-state index contributed by atoms with van der Waals surface area (Å²) >= 11 is 5.93. The van der Waals surface area contributed by atoms with Crippen molar-refractivity contribution in [1.29, 1.82) is 5.41 Å². The monoisotopic (exact) mass is 249 g/mol. The van der Waals surface area contributed by atoms with Gasteiger partial charge in [-0.25, -0.2) is 0 Å². The molecule has 1 aliphatic rings. The van der Waals surface area contributed by atoms with Crippen LogP contribution in [0.4, 0.5) is 0 Å². The highest BCUT2D eigenvalue weighted by molar-refractivity contribution is 6.30. The molecule has 0 bridgehead atoms. The van der Waals surface area contributed by atoms with E-state index < -0.39 is 0 Å². The maximum atomic E-state index is 8.38. The molecule has 0 unspecified atom stereocenters. The van der Waals surface area contributed by atoms with Gasteiger partial charge in [0.05, 0.1) is 0 Å². The second-order valence-electron chi connectivity index (χ2n) is 5.52. The van der Waals surface area contributed by atoms with Gasteiger partial charge in [-0.1, -0.05) is 44.0 Å². The third-order valence-electron chi connectivity index (χ3n) is 3.79. The number of halogens is 1. The lowest BCUT2D eigenvalue weighted by atomic mass is 9.60. The van der Waals surface area contributed by atoms with Crippen LogP contribution in [0.5, 0.6) is 0 Å².